The van der Waals surface area contributed by atoms with Crippen LogP contribution >= 0.6 is 23.2 Å². The lowest BCUT2D eigenvalue weighted by Gasteiger charge is -2.08. The first kappa shape index (κ1) is 21.1. The van der Waals surface area contributed by atoms with Crippen LogP contribution in [0.25, 0.3) is 33.4 Å². The molecule has 5 aromatic rings. The molecule has 7 heteroatoms. The maximum atomic E-state index is 12.6. The van der Waals surface area contributed by atoms with E-state index in [-0.39, 0.29) is 5.76 Å². The van der Waals surface area contributed by atoms with Crippen LogP contribution in [0.1, 0.15) is 10.6 Å². The third kappa shape index (κ3) is 4.29. The number of halogens is 2. The second-order valence-electron chi connectivity index (χ2n) is 7.30. The molecule has 0 fully saturated rings. The molecule has 0 radical (unpaired) electrons. The first-order valence-corrected chi connectivity index (χ1v) is 10.7. The second kappa shape index (κ2) is 8.62. The highest BCUT2D eigenvalue weighted by Gasteiger charge is 2.15. The van der Waals surface area contributed by atoms with Crippen molar-refractivity contribution in [1.29, 1.82) is 0 Å². The lowest BCUT2D eigenvalue weighted by atomic mass is 10.1. The number of amides is 1. The fourth-order valence-electron chi connectivity index (χ4n) is 3.48. The monoisotopic (exact) mass is 475 g/mol. The van der Waals surface area contributed by atoms with Crippen LogP contribution in [0.2, 0.25) is 10.0 Å². The Balaban J connectivity index is 1.38. The molecule has 162 valence electrons. The molecule has 2 aromatic heterocycles. The fraction of sp³-hybridized carbons (Fsp3) is 0. The zero-order chi connectivity index (χ0) is 22.9. The van der Waals surface area contributed by atoms with Gasteiger partial charge in [0.15, 0.2) is 5.76 Å². The van der Waals surface area contributed by atoms with E-state index in [1.807, 2.05) is 24.3 Å². The van der Waals surface area contributed by atoms with Crippen molar-refractivity contribution in [2.75, 3.05) is 5.32 Å². The van der Waals surface area contributed by atoms with Gasteiger partial charge in [0.25, 0.3) is 5.91 Å². The Morgan fingerprint density at radius 3 is 2.36 bits per heavy atom. The van der Waals surface area contributed by atoms with E-state index in [0.717, 1.165) is 10.9 Å². The van der Waals surface area contributed by atoms with Gasteiger partial charge in [-0.2, -0.15) is 0 Å². The number of fused-ring (bicyclic) bond motifs is 1. The van der Waals surface area contributed by atoms with E-state index in [1.54, 1.807) is 60.7 Å². The fourth-order valence-corrected chi connectivity index (χ4v) is 3.89. The van der Waals surface area contributed by atoms with Crippen LogP contribution in [-0.4, -0.2) is 5.91 Å². The first-order valence-electron chi connectivity index (χ1n) is 9.98. The van der Waals surface area contributed by atoms with Crippen molar-refractivity contribution < 1.29 is 13.6 Å². The summed E-state index contributed by atoms with van der Waals surface area (Å²) in [7, 11) is 0. The Kier molecular flexibility index (Phi) is 5.50. The quantitative estimate of drug-likeness (QED) is 0.277. The van der Waals surface area contributed by atoms with E-state index in [9.17, 15) is 9.59 Å². The van der Waals surface area contributed by atoms with E-state index < -0.39 is 11.5 Å². The molecule has 0 aliphatic carbocycles. The highest BCUT2D eigenvalue weighted by atomic mass is 35.5. The predicted octanol–water partition coefficient (Wildman–Crippen LogP) is 7.28. The third-order valence-electron chi connectivity index (χ3n) is 5.12. The number of nitrogens with one attached hydrogen (secondary N) is 1. The Morgan fingerprint density at radius 2 is 1.58 bits per heavy atom. The average Bonchev–Trinajstić information content (AvgIpc) is 3.30. The number of carbonyl (C=O) groups is 1. The van der Waals surface area contributed by atoms with Gasteiger partial charge in [-0.05, 0) is 60.7 Å². The highest BCUT2D eigenvalue weighted by molar-refractivity contribution is 6.33. The van der Waals surface area contributed by atoms with Crippen molar-refractivity contribution in [3.8, 4) is 22.5 Å². The van der Waals surface area contributed by atoms with E-state index in [2.05, 4.69) is 5.32 Å². The SMILES string of the molecule is O=C(Nc1ccc(-c2cc3ccccc3oc2=O)c(Cl)c1)c1ccc(-c2ccc(Cl)cc2)o1. The number of anilines is 1. The van der Waals surface area contributed by atoms with Crippen molar-refractivity contribution in [2.45, 2.75) is 0 Å². The molecule has 5 nitrogen and oxygen atoms in total. The molecule has 0 atom stereocenters. The van der Waals surface area contributed by atoms with Crippen molar-refractivity contribution >= 4 is 45.8 Å². The maximum Gasteiger partial charge on any atom is 0.344 e. The van der Waals surface area contributed by atoms with Crippen molar-refractivity contribution in [3.05, 3.63) is 111 Å². The highest BCUT2D eigenvalue weighted by Crippen LogP contribution is 2.31. The van der Waals surface area contributed by atoms with Crippen LogP contribution in [0.3, 0.4) is 0 Å². The molecule has 0 saturated carbocycles. The topological polar surface area (TPSA) is 72.5 Å². The molecular formula is C26H15Cl2NO4. The minimum atomic E-state index is -0.488. The minimum absolute atomic E-state index is 0.148. The normalized spacial score (nSPS) is 11.0. The van der Waals surface area contributed by atoms with E-state index >= 15 is 0 Å². The average molecular weight is 476 g/mol. The van der Waals surface area contributed by atoms with Gasteiger partial charge in [0.2, 0.25) is 0 Å². The van der Waals surface area contributed by atoms with Crippen molar-refractivity contribution in [2.24, 2.45) is 0 Å². The van der Waals surface area contributed by atoms with Gasteiger partial charge in [0.05, 0.1) is 10.6 Å². The first-order chi connectivity index (χ1) is 16.0. The molecule has 5 rings (SSSR count). The number of hydrogen-bond acceptors (Lipinski definition) is 4. The van der Waals surface area contributed by atoms with Crippen LogP contribution in [-0.2, 0) is 0 Å². The summed E-state index contributed by atoms with van der Waals surface area (Å²) in [6, 6.07) is 24.3. The van der Waals surface area contributed by atoms with Gasteiger partial charge in [0, 0.05) is 27.2 Å². The molecule has 1 amide bonds. The Labute approximate surface area is 198 Å². The predicted molar refractivity (Wildman–Crippen MR) is 130 cm³/mol. The standard InChI is InChI=1S/C26H15Cl2NO4/c27-17-7-5-15(6-8-17)23-11-12-24(32-23)25(30)29-18-9-10-19(21(28)14-18)20-13-16-3-1-2-4-22(16)33-26(20)31/h1-14H,(H,29,30). The van der Waals surface area contributed by atoms with Crippen LogP contribution in [0.5, 0.6) is 0 Å². The van der Waals surface area contributed by atoms with Gasteiger partial charge >= 0.3 is 5.63 Å². The molecule has 0 spiro atoms. The van der Waals surface area contributed by atoms with Crippen LogP contribution in [0.4, 0.5) is 5.69 Å². The van der Waals surface area contributed by atoms with Gasteiger partial charge in [-0.3, -0.25) is 4.79 Å². The summed E-state index contributed by atoms with van der Waals surface area (Å²) in [5.74, 6) is 0.271. The third-order valence-corrected chi connectivity index (χ3v) is 5.68. The van der Waals surface area contributed by atoms with Gasteiger partial charge < -0.3 is 14.2 Å². The molecular weight excluding hydrogens is 461 g/mol. The van der Waals surface area contributed by atoms with Crippen LogP contribution in [0, 0.1) is 0 Å². The summed E-state index contributed by atoms with van der Waals surface area (Å²) in [5.41, 5.74) is 2.14. The minimum Gasteiger partial charge on any atom is -0.451 e. The Bertz CT molecular complexity index is 1550. The van der Waals surface area contributed by atoms with Gasteiger partial charge in [0.1, 0.15) is 11.3 Å². The summed E-state index contributed by atoms with van der Waals surface area (Å²) in [5, 5.41) is 4.46. The van der Waals surface area contributed by atoms with E-state index in [0.29, 0.717) is 38.2 Å². The number of furan rings is 1. The van der Waals surface area contributed by atoms with Crippen LogP contribution < -0.4 is 10.9 Å². The molecule has 3 aromatic carbocycles. The maximum absolute atomic E-state index is 12.6. The van der Waals surface area contributed by atoms with Crippen LogP contribution in [0.15, 0.2) is 98.6 Å². The summed E-state index contributed by atoms with van der Waals surface area (Å²) in [4.78, 5) is 25.1. The smallest absolute Gasteiger partial charge is 0.344 e. The lowest BCUT2D eigenvalue weighted by molar-refractivity contribution is 0.0997. The lowest BCUT2D eigenvalue weighted by Crippen LogP contribution is -2.11. The summed E-state index contributed by atoms with van der Waals surface area (Å²) < 4.78 is 11.1. The zero-order valence-electron chi connectivity index (χ0n) is 17.0. The van der Waals surface area contributed by atoms with Gasteiger partial charge in [-0.1, -0.05) is 47.5 Å². The summed E-state index contributed by atoms with van der Waals surface area (Å²) in [6.45, 7) is 0. The number of hydrogen-bond donors (Lipinski definition) is 1. The summed E-state index contributed by atoms with van der Waals surface area (Å²) in [6.07, 6.45) is 0. The molecule has 2 heterocycles. The van der Waals surface area contributed by atoms with Crippen molar-refractivity contribution in [3.63, 3.8) is 0 Å². The molecule has 1 N–H and O–H groups in total. The molecule has 0 saturated heterocycles. The van der Waals surface area contributed by atoms with Gasteiger partial charge in [-0.15, -0.1) is 0 Å². The van der Waals surface area contributed by atoms with Gasteiger partial charge in [-0.25, -0.2) is 4.79 Å². The Hall–Kier alpha value is -3.80. The summed E-state index contributed by atoms with van der Waals surface area (Å²) >= 11 is 12.4. The van der Waals surface area contributed by atoms with E-state index in [1.165, 1.54) is 0 Å². The molecule has 33 heavy (non-hydrogen) atoms. The molecule has 0 aliphatic rings. The van der Waals surface area contributed by atoms with E-state index in [4.69, 9.17) is 32.0 Å². The molecule has 0 bridgehead atoms. The number of rotatable bonds is 4. The molecule has 0 unspecified atom stereocenters. The molecule has 0 aliphatic heterocycles. The Morgan fingerprint density at radius 1 is 0.788 bits per heavy atom. The zero-order valence-corrected chi connectivity index (χ0v) is 18.5. The largest absolute Gasteiger partial charge is 0.451 e. The number of carbonyl (C=O) groups excluding carboxylic acids is 1. The van der Waals surface area contributed by atoms with Crippen molar-refractivity contribution in [1.82, 2.24) is 0 Å². The number of para-hydroxylation sites is 1. The number of benzene rings is 3. The second-order valence-corrected chi connectivity index (χ2v) is 8.15.